The standard InChI is InChI=1S/C67H98O6/c1-4-7-10-13-16-19-22-25-27-29-30-31-32-33-34-35-36-38-39-42-45-48-51-54-57-60-66(69)72-63-64(62-71-65(68)59-56-53-50-47-44-41-24-21-18-15-12-9-6-3)73-67(70)61-58-55-52-49-46-43-40-37-28-26-23-20-17-14-11-8-5-2/h7-12,16-21,25-28,30-31,33-34,36,38,40-45,49-50,52-53,64H,4-6,13-15,22-24,29,32,35,37,39,46-48,51,54-63H2,1-3H3/b10-7-,11-8-,12-9-,19-16-,20-17-,21-18-,27-25-,28-26-,31-30-,34-33-,38-36-,43-40-,44-41-,45-42-,52-49-,53-50-. The maximum absolute atomic E-state index is 12.8. The van der Waals surface area contributed by atoms with Gasteiger partial charge in [-0.25, -0.2) is 0 Å². The number of esters is 3. The zero-order valence-corrected chi connectivity index (χ0v) is 45.8. The normalized spacial score (nSPS) is 13.6. The van der Waals surface area contributed by atoms with E-state index in [9.17, 15) is 14.4 Å². The third-order valence-corrected chi connectivity index (χ3v) is 10.6. The summed E-state index contributed by atoms with van der Waals surface area (Å²) < 4.78 is 16.7. The molecule has 0 aliphatic heterocycles. The third kappa shape index (κ3) is 57.0. The SMILES string of the molecule is CC/C=C\C/C=C\C/C=C\C/C=C\C/C=C\C/C=C\C/C=C\CCCCCC(=O)OCC(COC(=O)CC/C=C\C/C=C\C/C=C\C/C=C\CC)OC(=O)CCC/C=C\C/C=C\C/C=C\C/C=C\C/C=C\CC. The lowest BCUT2D eigenvalue weighted by Gasteiger charge is -2.18. The second-order valence-corrected chi connectivity index (χ2v) is 17.3. The lowest BCUT2D eigenvalue weighted by Crippen LogP contribution is -2.30. The topological polar surface area (TPSA) is 78.9 Å². The van der Waals surface area contributed by atoms with Gasteiger partial charge in [0.2, 0.25) is 0 Å². The quantitative estimate of drug-likeness (QED) is 0.0262. The van der Waals surface area contributed by atoms with Gasteiger partial charge in [0.05, 0.1) is 0 Å². The Balaban J connectivity index is 4.61. The van der Waals surface area contributed by atoms with Crippen LogP contribution in [0, 0.1) is 0 Å². The number of carbonyl (C=O) groups is 3. The Bertz CT molecular complexity index is 1810. The van der Waals surface area contributed by atoms with Gasteiger partial charge in [-0.2, -0.15) is 0 Å². The van der Waals surface area contributed by atoms with Crippen molar-refractivity contribution >= 4 is 17.9 Å². The predicted molar refractivity (Wildman–Crippen MR) is 315 cm³/mol. The van der Waals surface area contributed by atoms with E-state index >= 15 is 0 Å². The maximum atomic E-state index is 12.8. The van der Waals surface area contributed by atoms with E-state index in [2.05, 4.69) is 203 Å². The lowest BCUT2D eigenvalue weighted by molar-refractivity contribution is -0.166. The molecule has 0 N–H and O–H groups in total. The lowest BCUT2D eigenvalue weighted by atomic mass is 10.1. The van der Waals surface area contributed by atoms with Gasteiger partial charge in [-0.3, -0.25) is 14.4 Å². The number of hydrogen-bond donors (Lipinski definition) is 0. The molecule has 0 fully saturated rings. The fourth-order valence-corrected chi connectivity index (χ4v) is 6.53. The summed E-state index contributed by atoms with van der Waals surface area (Å²) in [5.41, 5.74) is 0. The molecule has 0 heterocycles. The van der Waals surface area contributed by atoms with Crippen LogP contribution >= 0.6 is 0 Å². The summed E-state index contributed by atoms with van der Waals surface area (Å²) in [5, 5.41) is 0. The molecular formula is C67H98O6. The first kappa shape index (κ1) is 67.2. The van der Waals surface area contributed by atoms with Crippen molar-refractivity contribution in [3.05, 3.63) is 194 Å². The molecule has 0 radical (unpaired) electrons. The molecule has 402 valence electrons. The summed E-state index contributed by atoms with van der Waals surface area (Å²) in [6.07, 6.45) is 90.1. The van der Waals surface area contributed by atoms with Crippen molar-refractivity contribution in [1.29, 1.82) is 0 Å². The van der Waals surface area contributed by atoms with Crippen LogP contribution in [0.15, 0.2) is 194 Å². The molecule has 0 aromatic rings. The van der Waals surface area contributed by atoms with Crippen molar-refractivity contribution < 1.29 is 28.6 Å². The van der Waals surface area contributed by atoms with Crippen LogP contribution < -0.4 is 0 Å². The Hall–Kier alpha value is -5.75. The van der Waals surface area contributed by atoms with Gasteiger partial charge in [-0.15, -0.1) is 0 Å². The smallest absolute Gasteiger partial charge is 0.306 e. The van der Waals surface area contributed by atoms with E-state index < -0.39 is 12.1 Å². The van der Waals surface area contributed by atoms with Crippen molar-refractivity contribution in [2.45, 2.75) is 194 Å². The van der Waals surface area contributed by atoms with Crippen LogP contribution in [-0.2, 0) is 28.6 Å². The maximum Gasteiger partial charge on any atom is 0.306 e. The molecule has 0 spiro atoms. The van der Waals surface area contributed by atoms with Gasteiger partial charge in [-0.1, -0.05) is 222 Å². The molecule has 1 unspecified atom stereocenters. The molecule has 6 nitrogen and oxygen atoms in total. The average molecular weight is 1000 g/mol. The molecule has 0 amide bonds. The van der Waals surface area contributed by atoms with Gasteiger partial charge >= 0.3 is 17.9 Å². The van der Waals surface area contributed by atoms with Crippen molar-refractivity contribution in [2.75, 3.05) is 13.2 Å². The van der Waals surface area contributed by atoms with Crippen molar-refractivity contribution in [2.24, 2.45) is 0 Å². The molecule has 6 heteroatoms. The molecule has 0 bridgehead atoms. The fraction of sp³-hybridized carbons (Fsp3) is 0.478. The van der Waals surface area contributed by atoms with Gasteiger partial charge < -0.3 is 14.2 Å². The highest BCUT2D eigenvalue weighted by atomic mass is 16.6. The van der Waals surface area contributed by atoms with Crippen molar-refractivity contribution in [3.63, 3.8) is 0 Å². The van der Waals surface area contributed by atoms with E-state index in [-0.39, 0.29) is 44.4 Å². The Labute approximate surface area is 446 Å². The van der Waals surface area contributed by atoms with E-state index in [0.29, 0.717) is 19.3 Å². The molecule has 0 rings (SSSR count). The minimum absolute atomic E-state index is 0.152. The summed E-state index contributed by atoms with van der Waals surface area (Å²) >= 11 is 0. The molecular weight excluding hydrogens is 901 g/mol. The Morgan fingerprint density at radius 3 is 0.863 bits per heavy atom. The highest BCUT2D eigenvalue weighted by molar-refractivity contribution is 5.71. The van der Waals surface area contributed by atoms with E-state index in [1.54, 1.807) is 0 Å². The van der Waals surface area contributed by atoms with Crippen molar-refractivity contribution in [3.8, 4) is 0 Å². The molecule has 1 atom stereocenters. The van der Waals surface area contributed by atoms with Crippen LogP contribution in [0.3, 0.4) is 0 Å². The number of carbonyl (C=O) groups excluding carboxylic acids is 3. The Morgan fingerprint density at radius 2 is 0.534 bits per heavy atom. The van der Waals surface area contributed by atoms with Crippen LogP contribution in [0.25, 0.3) is 0 Å². The summed E-state index contributed by atoms with van der Waals surface area (Å²) in [6.45, 7) is 6.12. The van der Waals surface area contributed by atoms with Gasteiger partial charge in [0, 0.05) is 19.3 Å². The van der Waals surface area contributed by atoms with Crippen LogP contribution in [0.2, 0.25) is 0 Å². The molecule has 0 aromatic carbocycles. The summed E-state index contributed by atoms with van der Waals surface area (Å²) in [4.78, 5) is 38.1. The first-order valence-corrected chi connectivity index (χ1v) is 27.9. The van der Waals surface area contributed by atoms with E-state index in [0.717, 1.165) is 128 Å². The van der Waals surface area contributed by atoms with E-state index in [1.165, 1.54) is 0 Å². The predicted octanol–water partition coefficient (Wildman–Crippen LogP) is 19.1. The van der Waals surface area contributed by atoms with Gasteiger partial charge in [0.15, 0.2) is 6.10 Å². The van der Waals surface area contributed by atoms with Crippen LogP contribution in [-0.4, -0.2) is 37.2 Å². The second kappa shape index (κ2) is 58.8. The van der Waals surface area contributed by atoms with E-state index in [1.807, 2.05) is 12.2 Å². The van der Waals surface area contributed by atoms with Gasteiger partial charge in [0.1, 0.15) is 13.2 Å². The highest BCUT2D eigenvalue weighted by Crippen LogP contribution is 2.09. The van der Waals surface area contributed by atoms with Crippen LogP contribution in [0.4, 0.5) is 0 Å². The van der Waals surface area contributed by atoms with Gasteiger partial charge in [0.25, 0.3) is 0 Å². The first-order valence-electron chi connectivity index (χ1n) is 27.9. The van der Waals surface area contributed by atoms with Gasteiger partial charge in [-0.05, 0) is 141 Å². The first-order chi connectivity index (χ1) is 36.0. The third-order valence-electron chi connectivity index (χ3n) is 10.6. The number of rotatable bonds is 47. The number of ether oxygens (including phenoxy) is 3. The zero-order valence-electron chi connectivity index (χ0n) is 45.8. The van der Waals surface area contributed by atoms with E-state index in [4.69, 9.17) is 14.2 Å². The Morgan fingerprint density at radius 1 is 0.274 bits per heavy atom. The molecule has 0 saturated heterocycles. The fourth-order valence-electron chi connectivity index (χ4n) is 6.53. The second-order valence-electron chi connectivity index (χ2n) is 17.3. The zero-order chi connectivity index (χ0) is 52.9. The molecule has 0 aromatic heterocycles. The minimum Gasteiger partial charge on any atom is -0.462 e. The molecule has 73 heavy (non-hydrogen) atoms. The summed E-state index contributed by atoms with van der Waals surface area (Å²) in [7, 11) is 0. The molecule has 0 saturated carbocycles. The van der Waals surface area contributed by atoms with Crippen LogP contribution in [0.1, 0.15) is 188 Å². The molecule has 0 aliphatic carbocycles. The Kier molecular flexibility index (Phi) is 54.2. The van der Waals surface area contributed by atoms with Crippen LogP contribution in [0.5, 0.6) is 0 Å². The summed E-state index contributed by atoms with van der Waals surface area (Å²) in [5.74, 6) is -1.14. The number of hydrogen-bond acceptors (Lipinski definition) is 6. The highest BCUT2D eigenvalue weighted by Gasteiger charge is 2.19. The molecule has 0 aliphatic rings. The number of allylic oxidation sites excluding steroid dienone is 32. The number of unbranched alkanes of at least 4 members (excludes halogenated alkanes) is 4. The summed E-state index contributed by atoms with van der Waals surface area (Å²) in [6, 6.07) is 0. The minimum atomic E-state index is -0.863. The van der Waals surface area contributed by atoms with Crippen molar-refractivity contribution in [1.82, 2.24) is 0 Å². The average Bonchev–Trinajstić information content (AvgIpc) is 3.39. The largest absolute Gasteiger partial charge is 0.462 e. The monoisotopic (exact) mass is 999 g/mol.